The van der Waals surface area contributed by atoms with Gasteiger partial charge in [-0.1, -0.05) is 45.0 Å². The smallest absolute Gasteiger partial charge is 0.321 e. The summed E-state index contributed by atoms with van der Waals surface area (Å²) in [6, 6.07) is 7.52. The Hall–Kier alpha value is -1.88. The average molecular weight is 305 g/mol. The van der Waals surface area contributed by atoms with Crippen molar-refractivity contribution in [3.63, 3.8) is 0 Å². The van der Waals surface area contributed by atoms with Crippen LogP contribution in [0.2, 0.25) is 0 Å². The molecule has 0 spiro atoms. The van der Waals surface area contributed by atoms with Crippen molar-refractivity contribution < 1.29 is 9.59 Å². The molecule has 3 N–H and O–H groups in total. The van der Waals surface area contributed by atoms with E-state index in [0.29, 0.717) is 5.92 Å². The largest absolute Gasteiger partial charge is 0.341 e. The summed E-state index contributed by atoms with van der Waals surface area (Å²) in [4.78, 5) is 23.2. The first-order valence-electron chi connectivity index (χ1n) is 7.76. The van der Waals surface area contributed by atoms with Crippen LogP contribution in [0.4, 0.5) is 4.79 Å². The molecule has 0 saturated carbocycles. The fourth-order valence-electron chi connectivity index (χ4n) is 2.26. The van der Waals surface area contributed by atoms with Crippen LogP contribution in [-0.4, -0.2) is 25.0 Å². The summed E-state index contributed by atoms with van der Waals surface area (Å²) in [5.74, 6) is -0.0158. The maximum atomic E-state index is 12.0. The predicted octanol–water partition coefficient (Wildman–Crippen LogP) is 2.38. The first-order chi connectivity index (χ1) is 10.4. The van der Waals surface area contributed by atoms with E-state index in [0.717, 1.165) is 12.0 Å². The molecule has 0 heterocycles. The zero-order valence-corrected chi connectivity index (χ0v) is 14.1. The quantitative estimate of drug-likeness (QED) is 0.756. The van der Waals surface area contributed by atoms with Crippen LogP contribution in [0.5, 0.6) is 0 Å². The molecule has 0 aliphatic heterocycles. The van der Waals surface area contributed by atoms with Crippen molar-refractivity contribution in [2.45, 2.75) is 46.2 Å². The van der Waals surface area contributed by atoms with Gasteiger partial charge in [-0.2, -0.15) is 0 Å². The van der Waals surface area contributed by atoms with Gasteiger partial charge in [0.05, 0.1) is 6.04 Å². The minimum atomic E-state index is -0.493. The molecule has 22 heavy (non-hydrogen) atoms. The standard InChI is InChI=1S/C17H27N3O2/c1-6-13-7-9-14(10-8-13)15(11(2)3)19-12(4)16(21)20-17(22)18-5/h7-12,15,19H,6H2,1-5H3,(H2,18,20,21,22). The van der Waals surface area contributed by atoms with E-state index in [1.54, 1.807) is 6.92 Å². The van der Waals surface area contributed by atoms with E-state index in [1.165, 1.54) is 12.6 Å². The summed E-state index contributed by atoms with van der Waals surface area (Å²) in [6.07, 6.45) is 1.00. The van der Waals surface area contributed by atoms with E-state index in [-0.39, 0.29) is 11.9 Å². The van der Waals surface area contributed by atoms with Gasteiger partial charge in [0.1, 0.15) is 0 Å². The molecule has 0 radical (unpaired) electrons. The van der Waals surface area contributed by atoms with Crippen molar-refractivity contribution in [2.75, 3.05) is 7.05 Å². The van der Waals surface area contributed by atoms with Crippen LogP contribution in [0.3, 0.4) is 0 Å². The Labute approximate surface area is 132 Å². The molecule has 1 rings (SSSR count). The van der Waals surface area contributed by atoms with Crippen molar-refractivity contribution in [1.29, 1.82) is 0 Å². The van der Waals surface area contributed by atoms with Crippen LogP contribution in [0.15, 0.2) is 24.3 Å². The van der Waals surface area contributed by atoms with Crippen molar-refractivity contribution >= 4 is 11.9 Å². The third-order valence-corrected chi connectivity index (χ3v) is 3.70. The van der Waals surface area contributed by atoms with Gasteiger partial charge in [0.2, 0.25) is 5.91 Å². The number of carbonyl (C=O) groups is 2. The maximum Gasteiger partial charge on any atom is 0.321 e. The molecular weight excluding hydrogens is 278 g/mol. The Kier molecular flexibility index (Phi) is 7.05. The lowest BCUT2D eigenvalue weighted by Gasteiger charge is -2.26. The van der Waals surface area contributed by atoms with Crippen molar-refractivity contribution in [1.82, 2.24) is 16.0 Å². The van der Waals surface area contributed by atoms with E-state index in [2.05, 4.69) is 61.0 Å². The van der Waals surface area contributed by atoms with Gasteiger partial charge in [0.25, 0.3) is 0 Å². The van der Waals surface area contributed by atoms with E-state index in [1.807, 2.05) is 0 Å². The first-order valence-corrected chi connectivity index (χ1v) is 7.76. The van der Waals surface area contributed by atoms with Crippen LogP contribution in [-0.2, 0) is 11.2 Å². The topological polar surface area (TPSA) is 70.2 Å². The molecule has 0 fully saturated rings. The monoisotopic (exact) mass is 305 g/mol. The van der Waals surface area contributed by atoms with Crippen LogP contribution in [0.25, 0.3) is 0 Å². The highest BCUT2D eigenvalue weighted by Gasteiger charge is 2.22. The summed E-state index contributed by atoms with van der Waals surface area (Å²) >= 11 is 0. The summed E-state index contributed by atoms with van der Waals surface area (Å²) < 4.78 is 0. The molecule has 0 bridgehead atoms. The number of hydrogen-bond donors (Lipinski definition) is 3. The predicted molar refractivity (Wildman–Crippen MR) is 88.6 cm³/mol. The molecule has 122 valence electrons. The normalized spacial score (nSPS) is 13.5. The molecule has 2 atom stereocenters. The van der Waals surface area contributed by atoms with Gasteiger partial charge in [-0.3, -0.25) is 15.4 Å². The second-order valence-corrected chi connectivity index (χ2v) is 5.77. The number of benzene rings is 1. The van der Waals surface area contributed by atoms with E-state index in [4.69, 9.17) is 0 Å². The highest BCUT2D eigenvalue weighted by molar-refractivity contribution is 5.96. The Bertz CT molecular complexity index is 497. The van der Waals surface area contributed by atoms with Crippen molar-refractivity contribution in [3.05, 3.63) is 35.4 Å². The molecule has 5 heteroatoms. The van der Waals surface area contributed by atoms with Gasteiger partial charge in [0.15, 0.2) is 0 Å². The zero-order chi connectivity index (χ0) is 16.7. The molecule has 0 aliphatic rings. The fourth-order valence-corrected chi connectivity index (χ4v) is 2.26. The van der Waals surface area contributed by atoms with Crippen LogP contribution in [0.1, 0.15) is 44.9 Å². The van der Waals surface area contributed by atoms with Gasteiger partial charge in [-0.05, 0) is 30.4 Å². The molecule has 0 saturated heterocycles. The highest BCUT2D eigenvalue weighted by atomic mass is 16.2. The Balaban J connectivity index is 2.78. The average Bonchev–Trinajstić information content (AvgIpc) is 2.51. The number of carbonyl (C=O) groups excluding carboxylic acids is 2. The number of urea groups is 1. The molecule has 1 aromatic rings. The van der Waals surface area contributed by atoms with Gasteiger partial charge in [0, 0.05) is 13.1 Å². The fraction of sp³-hybridized carbons (Fsp3) is 0.529. The van der Waals surface area contributed by atoms with E-state index >= 15 is 0 Å². The second-order valence-electron chi connectivity index (χ2n) is 5.77. The lowest BCUT2D eigenvalue weighted by molar-refractivity contribution is -0.121. The first kappa shape index (κ1) is 18.2. The number of aryl methyl sites for hydroxylation is 1. The van der Waals surface area contributed by atoms with Gasteiger partial charge in [-0.15, -0.1) is 0 Å². The van der Waals surface area contributed by atoms with Gasteiger partial charge in [-0.25, -0.2) is 4.79 Å². The minimum Gasteiger partial charge on any atom is -0.341 e. The Morgan fingerprint density at radius 2 is 1.68 bits per heavy atom. The van der Waals surface area contributed by atoms with E-state index < -0.39 is 12.1 Å². The van der Waals surface area contributed by atoms with Crippen LogP contribution >= 0.6 is 0 Å². The van der Waals surface area contributed by atoms with Crippen molar-refractivity contribution in [2.24, 2.45) is 5.92 Å². The number of imide groups is 1. The lowest BCUT2D eigenvalue weighted by atomic mass is 9.94. The second kappa shape index (κ2) is 8.54. The summed E-state index contributed by atoms with van der Waals surface area (Å²) in [5.41, 5.74) is 2.43. The summed E-state index contributed by atoms with van der Waals surface area (Å²) in [6.45, 7) is 8.09. The third-order valence-electron chi connectivity index (χ3n) is 3.70. The zero-order valence-electron chi connectivity index (χ0n) is 14.1. The number of amides is 3. The molecule has 0 aliphatic carbocycles. The SMILES string of the molecule is CCc1ccc(C(NC(C)C(=O)NC(=O)NC)C(C)C)cc1. The van der Waals surface area contributed by atoms with Crippen LogP contribution < -0.4 is 16.0 Å². The molecule has 5 nitrogen and oxygen atoms in total. The van der Waals surface area contributed by atoms with Gasteiger partial charge >= 0.3 is 6.03 Å². The Morgan fingerprint density at radius 1 is 1.09 bits per heavy atom. The lowest BCUT2D eigenvalue weighted by Crippen LogP contribution is -2.48. The third kappa shape index (κ3) is 5.15. The maximum absolute atomic E-state index is 12.0. The minimum absolute atomic E-state index is 0.0522. The molecule has 2 unspecified atom stereocenters. The summed E-state index contributed by atoms with van der Waals surface area (Å²) in [5, 5.41) is 7.97. The van der Waals surface area contributed by atoms with Crippen molar-refractivity contribution in [3.8, 4) is 0 Å². The van der Waals surface area contributed by atoms with E-state index in [9.17, 15) is 9.59 Å². The number of hydrogen-bond acceptors (Lipinski definition) is 3. The van der Waals surface area contributed by atoms with Gasteiger partial charge < -0.3 is 5.32 Å². The molecule has 3 amide bonds. The summed E-state index contributed by atoms with van der Waals surface area (Å²) in [7, 11) is 1.48. The van der Waals surface area contributed by atoms with Crippen LogP contribution in [0, 0.1) is 5.92 Å². The molecular formula is C17H27N3O2. The number of rotatable bonds is 6. The highest BCUT2D eigenvalue weighted by Crippen LogP contribution is 2.22. The molecule has 1 aromatic carbocycles. The number of nitrogens with one attached hydrogen (secondary N) is 3. The molecule has 0 aromatic heterocycles. The Morgan fingerprint density at radius 3 is 2.14 bits per heavy atom.